The van der Waals surface area contributed by atoms with E-state index in [9.17, 15) is 24.0 Å². The van der Waals surface area contributed by atoms with Gasteiger partial charge in [-0.1, -0.05) is 76.2 Å². The molecule has 0 spiro atoms. The Morgan fingerprint density at radius 3 is 1.49 bits per heavy atom. The van der Waals surface area contributed by atoms with Crippen molar-refractivity contribution in [3.63, 3.8) is 0 Å². The van der Waals surface area contributed by atoms with E-state index in [1.165, 1.54) is 0 Å². The number of ketones is 1. The van der Waals surface area contributed by atoms with Crippen LogP contribution in [0.3, 0.4) is 0 Å². The van der Waals surface area contributed by atoms with Crippen LogP contribution in [-0.4, -0.2) is 144 Å². The number of nitrogens with zero attached hydrogens (tertiary/aromatic N) is 1. The van der Waals surface area contributed by atoms with E-state index in [1.54, 1.807) is 0 Å². The molecular weight excluding hydrogens is 797 g/mol. The molecule has 0 bridgehead atoms. The molecule has 1 aliphatic carbocycles. The van der Waals surface area contributed by atoms with Crippen LogP contribution in [0.4, 0.5) is 0 Å². The highest BCUT2D eigenvalue weighted by atomic mass is 16.2. The van der Waals surface area contributed by atoms with Crippen LogP contribution < -0.4 is 47.9 Å². The number of hydrogen-bond donors (Lipinski definition) is 9. The normalized spacial score (nSPS) is 20.4. The maximum Gasteiger partial charge on any atom is 0.237 e. The van der Waals surface area contributed by atoms with Crippen molar-refractivity contribution < 1.29 is 24.0 Å². The van der Waals surface area contributed by atoms with Gasteiger partial charge in [0.05, 0.1) is 36.3 Å². The summed E-state index contributed by atoms with van der Waals surface area (Å²) in [5, 5.41) is 27.0. The first-order valence-corrected chi connectivity index (χ1v) is 23.9. The maximum atomic E-state index is 11.8. The summed E-state index contributed by atoms with van der Waals surface area (Å²) in [6.07, 6.45) is 5.11. The molecule has 2 aliphatic rings. The van der Waals surface area contributed by atoms with Gasteiger partial charge in [0.15, 0.2) is 5.78 Å². The molecule has 15 heteroatoms. The lowest BCUT2D eigenvalue weighted by atomic mass is 9.82. The molecule has 374 valence electrons. The Labute approximate surface area is 386 Å². The summed E-state index contributed by atoms with van der Waals surface area (Å²) in [4.78, 5) is 60.1. The topological polar surface area (TPSA) is 197 Å². The summed E-state index contributed by atoms with van der Waals surface area (Å²) < 4.78 is 0. The zero-order chi connectivity index (χ0) is 49.8. The molecule has 9 N–H and O–H groups in total. The Hall–Kier alpha value is -2.69. The Morgan fingerprint density at radius 1 is 0.683 bits per heavy atom. The molecule has 2 fully saturated rings. The van der Waals surface area contributed by atoms with E-state index in [0.29, 0.717) is 17.6 Å². The van der Waals surface area contributed by atoms with Crippen molar-refractivity contribution in [3.05, 3.63) is 0 Å². The fourth-order valence-corrected chi connectivity index (χ4v) is 7.46. The molecule has 0 aromatic carbocycles. The highest BCUT2D eigenvalue weighted by Crippen LogP contribution is 2.22. The van der Waals surface area contributed by atoms with Gasteiger partial charge in [0.1, 0.15) is 0 Å². The van der Waals surface area contributed by atoms with Gasteiger partial charge in [0.2, 0.25) is 23.6 Å². The van der Waals surface area contributed by atoms with E-state index < -0.39 is 0 Å². The van der Waals surface area contributed by atoms with Crippen molar-refractivity contribution in [1.82, 2.24) is 52.8 Å². The third-order valence-electron chi connectivity index (χ3n) is 10.5. The highest BCUT2D eigenvalue weighted by molar-refractivity contribution is 5.90. The van der Waals surface area contributed by atoms with Crippen molar-refractivity contribution in [3.8, 4) is 0 Å². The van der Waals surface area contributed by atoms with Crippen molar-refractivity contribution in [2.24, 2.45) is 22.7 Å². The molecule has 0 radical (unpaired) electrons. The second-order valence-corrected chi connectivity index (χ2v) is 20.5. The van der Waals surface area contributed by atoms with E-state index in [4.69, 9.17) is 0 Å². The first-order chi connectivity index (χ1) is 29.0. The molecule has 1 saturated heterocycles. The van der Waals surface area contributed by atoms with Crippen LogP contribution in [0, 0.1) is 22.7 Å². The summed E-state index contributed by atoms with van der Waals surface area (Å²) in [5.74, 6) is 1.74. The highest BCUT2D eigenvalue weighted by Gasteiger charge is 2.33. The third kappa shape index (κ3) is 28.8. The van der Waals surface area contributed by atoms with E-state index in [1.807, 2.05) is 125 Å². The van der Waals surface area contributed by atoms with Gasteiger partial charge in [-0.25, -0.2) is 0 Å². The average molecular weight is 899 g/mol. The smallest absolute Gasteiger partial charge is 0.237 e. The van der Waals surface area contributed by atoms with Crippen molar-refractivity contribution in [2.75, 3.05) is 54.9 Å². The first kappa shape index (κ1) is 64.6. The number of Topliss-reactive ketones (excluding diaryl/α,β-unsaturated/α-hetero) is 1. The van der Waals surface area contributed by atoms with Crippen LogP contribution in [-0.2, 0) is 24.0 Å². The van der Waals surface area contributed by atoms with Crippen molar-refractivity contribution in [1.29, 1.82) is 0 Å². The fraction of sp³-hybridized carbons (Fsp3) is 0.896. The molecule has 1 saturated carbocycles. The van der Waals surface area contributed by atoms with Crippen LogP contribution in [0.2, 0.25) is 0 Å². The average Bonchev–Trinajstić information content (AvgIpc) is 3.57. The van der Waals surface area contributed by atoms with E-state index in [-0.39, 0.29) is 88.8 Å². The second kappa shape index (κ2) is 33.7. The quantitative estimate of drug-likeness (QED) is 0.108. The molecule has 0 aromatic rings. The minimum absolute atomic E-state index is 0.0351. The molecule has 1 heterocycles. The summed E-state index contributed by atoms with van der Waals surface area (Å²) in [7, 11) is 9.32. The van der Waals surface area contributed by atoms with Gasteiger partial charge < -0.3 is 47.9 Å². The first-order valence-electron chi connectivity index (χ1n) is 23.9. The number of likely N-dealkylation sites (tertiary alicyclic amines) is 1. The maximum absolute atomic E-state index is 11.8. The van der Waals surface area contributed by atoms with Gasteiger partial charge in [-0.15, -0.1) is 0 Å². The molecule has 7 atom stereocenters. The minimum atomic E-state index is -0.130. The van der Waals surface area contributed by atoms with Crippen LogP contribution in [0.1, 0.15) is 150 Å². The Balaban J connectivity index is -0.000000715. The Kier molecular flexibility index (Phi) is 34.6. The molecule has 0 aromatic heterocycles. The van der Waals surface area contributed by atoms with Gasteiger partial charge in [0, 0.05) is 24.7 Å². The van der Waals surface area contributed by atoms with Gasteiger partial charge >= 0.3 is 0 Å². The lowest BCUT2D eigenvalue weighted by Gasteiger charge is -2.32. The summed E-state index contributed by atoms with van der Waals surface area (Å²) in [6.45, 7) is 37.2. The lowest BCUT2D eigenvalue weighted by molar-refractivity contribution is -0.126. The Bertz CT molecular complexity index is 1240. The number of carbonyl (C=O) groups excluding carboxylic acids is 5. The zero-order valence-corrected chi connectivity index (χ0v) is 44.5. The van der Waals surface area contributed by atoms with Gasteiger partial charge in [-0.05, 0) is 145 Å². The SMILES string of the molecule is CC(C)NC(=O)[C@@H]1CCCN1C.CCCNC(=O)[C@@H](NC)C(C)(C)C.CCNC1CC(C)C[C@@H](NC)C1=O.CN[C@@H](C(=O)NC(C)C)C(C)(C)C.CN[C@@H](C(=O)NC(C)C)C(C)C. The van der Waals surface area contributed by atoms with Crippen LogP contribution in [0.25, 0.3) is 0 Å². The van der Waals surface area contributed by atoms with Crippen LogP contribution in [0.5, 0.6) is 0 Å². The van der Waals surface area contributed by atoms with E-state index in [0.717, 1.165) is 51.7 Å². The standard InChI is InChI=1S/C10H20N2O.2C10H22N2O.C9H18N2O.C9H20N2O/c1-4-12-9-6-7(2)5-8(11-3)10(9)13;1-7(2)12-9(13)8(11-6)10(3,4)5;1-6-7-12-9(13)8(11-5)10(2,3)4;1-7(2)10-9(12)8-5-4-6-11(8)3;1-6(2)8(10-5)9(12)11-7(3)4/h7-9,11-12H,4-6H2,1-3H3;7-8,11H,1-6H3,(H,12,13);8,11H,6-7H2,1-5H3,(H,12,13);7-8H,4-6H2,1-3H3,(H,10,12);6-8,10H,1-5H3,(H,11,12)/t7?,8-,9?;4*8-/m10101/s1. The zero-order valence-electron chi connectivity index (χ0n) is 44.5. The number of rotatable bonds is 16. The summed E-state index contributed by atoms with van der Waals surface area (Å²) >= 11 is 0. The number of hydrogen-bond acceptors (Lipinski definition) is 11. The minimum Gasteiger partial charge on any atom is -0.355 e. The molecule has 2 rings (SSSR count). The molecule has 2 unspecified atom stereocenters. The van der Waals surface area contributed by atoms with Crippen molar-refractivity contribution in [2.45, 2.75) is 204 Å². The number of amides is 4. The summed E-state index contributed by atoms with van der Waals surface area (Å²) in [6, 6.07) is 0.608. The number of nitrogens with one attached hydrogen (secondary N) is 9. The predicted molar refractivity (Wildman–Crippen MR) is 265 cm³/mol. The lowest BCUT2D eigenvalue weighted by Crippen LogP contribution is -2.52. The van der Waals surface area contributed by atoms with Crippen LogP contribution in [0.15, 0.2) is 0 Å². The molecule has 1 aliphatic heterocycles. The summed E-state index contributed by atoms with van der Waals surface area (Å²) in [5.41, 5.74) is -0.0830. The predicted octanol–water partition coefficient (Wildman–Crippen LogP) is 4.20. The van der Waals surface area contributed by atoms with Gasteiger partial charge in [-0.2, -0.15) is 0 Å². The second-order valence-electron chi connectivity index (χ2n) is 20.5. The molecular formula is C48H102N10O5. The Morgan fingerprint density at radius 2 is 1.14 bits per heavy atom. The molecule has 15 nitrogen and oxygen atoms in total. The van der Waals surface area contributed by atoms with Crippen LogP contribution >= 0.6 is 0 Å². The van der Waals surface area contributed by atoms with E-state index >= 15 is 0 Å². The number of carbonyl (C=O) groups is 5. The fourth-order valence-electron chi connectivity index (χ4n) is 7.46. The molecule has 63 heavy (non-hydrogen) atoms. The largest absolute Gasteiger partial charge is 0.355 e. The monoisotopic (exact) mass is 899 g/mol. The van der Waals surface area contributed by atoms with Gasteiger partial charge in [-0.3, -0.25) is 28.9 Å². The van der Waals surface area contributed by atoms with Crippen molar-refractivity contribution >= 4 is 29.4 Å². The third-order valence-corrected chi connectivity index (χ3v) is 10.5. The van der Waals surface area contributed by atoms with E-state index in [2.05, 4.69) is 80.4 Å². The van der Waals surface area contributed by atoms with Gasteiger partial charge in [0.25, 0.3) is 0 Å². The molecule has 4 amide bonds. The number of likely N-dealkylation sites (N-methyl/N-ethyl adjacent to an activating group) is 6.